The quantitative estimate of drug-likeness (QED) is 0.596. The lowest BCUT2D eigenvalue weighted by molar-refractivity contribution is -0.139. The standard InChI is InChI=1S/C14H18O3/c1-10(15)17-9-13(16)11-5-7-12(8-6-11)14(2,3)4/h5-8H,9H2,1-4H3. The van der Waals surface area contributed by atoms with Crippen LogP contribution in [0.2, 0.25) is 0 Å². The summed E-state index contributed by atoms with van der Waals surface area (Å²) in [6.45, 7) is 7.44. The molecule has 0 heterocycles. The molecule has 92 valence electrons. The summed E-state index contributed by atoms with van der Waals surface area (Å²) >= 11 is 0. The van der Waals surface area contributed by atoms with Gasteiger partial charge in [-0.2, -0.15) is 0 Å². The van der Waals surface area contributed by atoms with Crippen molar-refractivity contribution in [2.75, 3.05) is 6.61 Å². The molecule has 0 aromatic heterocycles. The molecule has 0 N–H and O–H groups in total. The van der Waals surface area contributed by atoms with E-state index in [2.05, 4.69) is 25.5 Å². The maximum atomic E-state index is 11.6. The number of carbonyl (C=O) groups is 2. The van der Waals surface area contributed by atoms with Crippen LogP contribution in [-0.2, 0) is 14.9 Å². The number of carbonyl (C=O) groups excluding carboxylic acids is 2. The molecule has 17 heavy (non-hydrogen) atoms. The fourth-order valence-corrected chi connectivity index (χ4v) is 1.41. The van der Waals surface area contributed by atoms with Crippen LogP contribution in [0.5, 0.6) is 0 Å². The molecule has 1 aromatic rings. The van der Waals surface area contributed by atoms with E-state index in [4.69, 9.17) is 0 Å². The highest BCUT2D eigenvalue weighted by atomic mass is 16.5. The number of rotatable bonds is 3. The summed E-state index contributed by atoms with van der Waals surface area (Å²) in [4.78, 5) is 22.2. The van der Waals surface area contributed by atoms with Crippen molar-refractivity contribution < 1.29 is 14.3 Å². The molecule has 0 bridgehead atoms. The first-order valence-corrected chi connectivity index (χ1v) is 5.58. The van der Waals surface area contributed by atoms with Crippen LogP contribution in [0, 0.1) is 0 Å². The van der Waals surface area contributed by atoms with E-state index >= 15 is 0 Å². The lowest BCUT2D eigenvalue weighted by Gasteiger charge is -2.18. The van der Waals surface area contributed by atoms with Crippen LogP contribution in [0.4, 0.5) is 0 Å². The number of hydrogen-bond acceptors (Lipinski definition) is 3. The van der Waals surface area contributed by atoms with Gasteiger partial charge in [-0.25, -0.2) is 0 Å². The molecule has 1 aromatic carbocycles. The third-order valence-corrected chi connectivity index (χ3v) is 2.48. The Kier molecular flexibility index (Phi) is 4.05. The molecule has 0 aliphatic heterocycles. The maximum absolute atomic E-state index is 11.6. The number of ether oxygens (including phenoxy) is 1. The molecule has 0 saturated heterocycles. The molecule has 1 rings (SSSR count). The number of esters is 1. The van der Waals surface area contributed by atoms with Gasteiger partial charge in [0.15, 0.2) is 12.4 Å². The van der Waals surface area contributed by atoms with Crippen molar-refractivity contribution in [3.63, 3.8) is 0 Å². The molecular weight excluding hydrogens is 216 g/mol. The molecule has 0 aliphatic carbocycles. The minimum absolute atomic E-state index is 0.0669. The van der Waals surface area contributed by atoms with Crippen molar-refractivity contribution in [2.45, 2.75) is 33.1 Å². The van der Waals surface area contributed by atoms with Crippen LogP contribution < -0.4 is 0 Å². The van der Waals surface area contributed by atoms with Gasteiger partial charge in [0.2, 0.25) is 0 Å². The van der Waals surface area contributed by atoms with Crippen LogP contribution in [-0.4, -0.2) is 18.4 Å². The van der Waals surface area contributed by atoms with E-state index in [9.17, 15) is 9.59 Å². The topological polar surface area (TPSA) is 43.4 Å². The summed E-state index contributed by atoms with van der Waals surface area (Å²) in [5.74, 6) is -0.620. The molecule has 0 unspecified atom stereocenters. The van der Waals surface area contributed by atoms with E-state index in [1.165, 1.54) is 12.5 Å². The van der Waals surface area contributed by atoms with Crippen molar-refractivity contribution in [1.29, 1.82) is 0 Å². The number of hydrogen-bond donors (Lipinski definition) is 0. The van der Waals surface area contributed by atoms with Gasteiger partial charge in [0, 0.05) is 12.5 Å². The number of benzene rings is 1. The molecule has 3 nitrogen and oxygen atoms in total. The monoisotopic (exact) mass is 234 g/mol. The first-order chi connectivity index (χ1) is 7.80. The third kappa shape index (κ3) is 4.02. The summed E-state index contributed by atoms with van der Waals surface area (Å²) < 4.78 is 4.67. The van der Waals surface area contributed by atoms with E-state index < -0.39 is 5.97 Å². The lowest BCUT2D eigenvalue weighted by Crippen LogP contribution is -2.14. The van der Waals surface area contributed by atoms with Crippen molar-refractivity contribution in [2.24, 2.45) is 0 Å². The van der Waals surface area contributed by atoms with Gasteiger partial charge in [-0.15, -0.1) is 0 Å². The van der Waals surface area contributed by atoms with Gasteiger partial charge in [-0.05, 0) is 11.0 Å². The molecular formula is C14H18O3. The molecule has 3 heteroatoms. The smallest absolute Gasteiger partial charge is 0.303 e. The van der Waals surface area contributed by atoms with E-state index in [-0.39, 0.29) is 17.8 Å². The summed E-state index contributed by atoms with van der Waals surface area (Å²) in [7, 11) is 0. The molecule has 0 radical (unpaired) electrons. The fraction of sp³-hybridized carbons (Fsp3) is 0.429. The van der Waals surface area contributed by atoms with Crippen LogP contribution >= 0.6 is 0 Å². The van der Waals surface area contributed by atoms with Gasteiger partial charge in [0.05, 0.1) is 0 Å². The average molecular weight is 234 g/mol. The maximum Gasteiger partial charge on any atom is 0.303 e. The molecule has 0 aliphatic rings. The average Bonchev–Trinajstić information content (AvgIpc) is 2.25. The molecule has 0 saturated carbocycles. The Hall–Kier alpha value is -1.64. The first-order valence-electron chi connectivity index (χ1n) is 5.58. The summed E-state index contributed by atoms with van der Waals surface area (Å²) in [5.41, 5.74) is 1.80. The van der Waals surface area contributed by atoms with Crippen LogP contribution in [0.15, 0.2) is 24.3 Å². The van der Waals surface area contributed by atoms with Crippen LogP contribution in [0.1, 0.15) is 43.6 Å². The van der Waals surface area contributed by atoms with Crippen LogP contribution in [0.3, 0.4) is 0 Å². The first kappa shape index (κ1) is 13.4. The normalized spacial score (nSPS) is 11.1. The summed E-state index contributed by atoms with van der Waals surface area (Å²) in [6, 6.07) is 7.40. The van der Waals surface area contributed by atoms with Gasteiger partial charge < -0.3 is 4.74 Å². The molecule has 0 amide bonds. The van der Waals surface area contributed by atoms with Gasteiger partial charge in [-0.1, -0.05) is 45.0 Å². The van der Waals surface area contributed by atoms with E-state index in [1.807, 2.05) is 12.1 Å². The summed E-state index contributed by atoms with van der Waals surface area (Å²) in [5, 5.41) is 0. The highest BCUT2D eigenvalue weighted by molar-refractivity contribution is 5.97. The van der Waals surface area contributed by atoms with Crippen molar-refractivity contribution in [1.82, 2.24) is 0 Å². The number of Topliss-reactive ketones (excluding diaryl/α,β-unsaturated/α-hetero) is 1. The molecule has 0 atom stereocenters. The fourth-order valence-electron chi connectivity index (χ4n) is 1.41. The summed E-state index contributed by atoms with van der Waals surface area (Å²) in [6.07, 6.45) is 0. The van der Waals surface area contributed by atoms with Gasteiger partial charge >= 0.3 is 5.97 Å². The van der Waals surface area contributed by atoms with Crippen LogP contribution in [0.25, 0.3) is 0 Å². The second kappa shape index (κ2) is 5.13. The second-order valence-electron chi connectivity index (χ2n) is 5.03. The largest absolute Gasteiger partial charge is 0.457 e. The van der Waals surface area contributed by atoms with Gasteiger partial charge in [-0.3, -0.25) is 9.59 Å². The van der Waals surface area contributed by atoms with Gasteiger partial charge in [0.1, 0.15) is 0 Å². The minimum Gasteiger partial charge on any atom is -0.457 e. The minimum atomic E-state index is -0.440. The second-order valence-corrected chi connectivity index (χ2v) is 5.03. The Bertz CT molecular complexity index is 410. The van der Waals surface area contributed by atoms with E-state index in [0.717, 1.165) is 0 Å². The van der Waals surface area contributed by atoms with Gasteiger partial charge in [0.25, 0.3) is 0 Å². The van der Waals surface area contributed by atoms with E-state index in [1.54, 1.807) is 12.1 Å². The Morgan fingerprint density at radius 3 is 2.06 bits per heavy atom. The van der Waals surface area contributed by atoms with Crippen molar-refractivity contribution >= 4 is 11.8 Å². The highest BCUT2D eigenvalue weighted by Gasteiger charge is 2.14. The SMILES string of the molecule is CC(=O)OCC(=O)c1ccc(C(C)(C)C)cc1. The Morgan fingerprint density at radius 2 is 1.65 bits per heavy atom. The number of ketones is 1. The predicted molar refractivity (Wildman–Crippen MR) is 66.1 cm³/mol. The Labute approximate surface area is 102 Å². The molecule has 0 spiro atoms. The Balaban J connectivity index is 2.74. The zero-order chi connectivity index (χ0) is 13.1. The van der Waals surface area contributed by atoms with E-state index in [0.29, 0.717) is 5.56 Å². The molecule has 0 fully saturated rings. The third-order valence-electron chi connectivity index (χ3n) is 2.48. The zero-order valence-corrected chi connectivity index (χ0v) is 10.7. The Morgan fingerprint density at radius 1 is 1.12 bits per heavy atom. The highest BCUT2D eigenvalue weighted by Crippen LogP contribution is 2.22. The van der Waals surface area contributed by atoms with Crippen molar-refractivity contribution in [3.05, 3.63) is 35.4 Å². The predicted octanol–water partition coefficient (Wildman–Crippen LogP) is 2.73. The zero-order valence-electron chi connectivity index (χ0n) is 10.7. The lowest BCUT2D eigenvalue weighted by atomic mass is 9.86. The van der Waals surface area contributed by atoms with Crippen molar-refractivity contribution in [3.8, 4) is 0 Å².